The van der Waals surface area contributed by atoms with Crippen LogP contribution in [0.25, 0.3) is 0 Å². The average Bonchev–Trinajstić information content (AvgIpc) is 2.17. The first-order valence-corrected chi connectivity index (χ1v) is 2.55. The fraction of sp³-hybridized carbons (Fsp3) is 0.500. The molecular weight excluding hydrogens is 122 g/mol. The monoisotopic (exact) mass is 130 g/mol. The molecule has 0 fully saturated rings. The standard InChI is InChI=1S/C4H8N3O2/c5-4-3-7(1-2-8)6-9-4/h3,8H,1-2,5H2/q+1. The van der Waals surface area contributed by atoms with E-state index in [1.54, 1.807) is 0 Å². The fourth-order valence-electron chi connectivity index (χ4n) is 0.501. The Bertz CT molecular complexity index is 186. The zero-order chi connectivity index (χ0) is 6.69. The Labute approximate surface area is 51.7 Å². The zero-order valence-electron chi connectivity index (χ0n) is 4.82. The maximum Gasteiger partial charge on any atom is 0.293 e. The van der Waals surface area contributed by atoms with E-state index in [4.69, 9.17) is 10.8 Å². The van der Waals surface area contributed by atoms with Gasteiger partial charge >= 0.3 is 0 Å². The van der Waals surface area contributed by atoms with Gasteiger partial charge in [0.25, 0.3) is 12.1 Å². The van der Waals surface area contributed by atoms with Crippen LogP contribution in [0.1, 0.15) is 0 Å². The highest BCUT2D eigenvalue weighted by Gasteiger charge is 2.05. The molecule has 5 nitrogen and oxygen atoms in total. The van der Waals surface area contributed by atoms with Crippen LogP contribution in [0.15, 0.2) is 10.7 Å². The van der Waals surface area contributed by atoms with Gasteiger partial charge in [0, 0.05) is 0 Å². The van der Waals surface area contributed by atoms with Gasteiger partial charge in [-0.15, -0.1) is 0 Å². The predicted molar refractivity (Wildman–Crippen MR) is 28.2 cm³/mol. The van der Waals surface area contributed by atoms with E-state index in [1.165, 1.54) is 10.9 Å². The second kappa shape index (κ2) is 2.45. The summed E-state index contributed by atoms with van der Waals surface area (Å²) in [6, 6.07) is 0. The molecule has 9 heavy (non-hydrogen) atoms. The molecule has 0 radical (unpaired) electrons. The normalized spacial score (nSPS) is 9.89. The van der Waals surface area contributed by atoms with Crippen LogP contribution in [0.5, 0.6) is 0 Å². The molecule has 0 aromatic carbocycles. The molecule has 5 heteroatoms. The first-order valence-electron chi connectivity index (χ1n) is 2.55. The zero-order valence-corrected chi connectivity index (χ0v) is 4.82. The molecule has 1 rings (SSSR count). The summed E-state index contributed by atoms with van der Waals surface area (Å²) in [6.07, 6.45) is 1.51. The van der Waals surface area contributed by atoms with Gasteiger partial charge in [-0.2, -0.15) is 0 Å². The molecular formula is C4H8N3O2+. The molecule has 50 valence electrons. The van der Waals surface area contributed by atoms with E-state index < -0.39 is 0 Å². The van der Waals surface area contributed by atoms with Gasteiger partial charge < -0.3 is 10.8 Å². The van der Waals surface area contributed by atoms with Crippen molar-refractivity contribution in [3.05, 3.63) is 6.20 Å². The Morgan fingerprint density at radius 2 is 2.67 bits per heavy atom. The number of nitrogens with zero attached hydrogens (tertiary/aromatic N) is 2. The van der Waals surface area contributed by atoms with Gasteiger partial charge in [-0.25, -0.2) is 0 Å². The largest absolute Gasteiger partial charge is 0.390 e. The third-order valence-electron chi connectivity index (χ3n) is 0.856. The van der Waals surface area contributed by atoms with Crippen LogP contribution in [0.4, 0.5) is 5.88 Å². The Morgan fingerprint density at radius 3 is 3.11 bits per heavy atom. The summed E-state index contributed by atoms with van der Waals surface area (Å²) in [5, 5.41) is 11.8. The summed E-state index contributed by atoms with van der Waals surface area (Å²) < 4.78 is 5.92. The van der Waals surface area contributed by atoms with Crippen molar-refractivity contribution < 1.29 is 14.3 Å². The molecule has 0 saturated heterocycles. The number of rotatable bonds is 2. The summed E-state index contributed by atoms with van der Waals surface area (Å²) in [5.41, 5.74) is 5.18. The number of nitrogens with two attached hydrogens (primary N) is 1. The molecule has 0 aliphatic rings. The van der Waals surface area contributed by atoms with Crippen molar-refractivity contribution in [2.45, 2.75) is 6.54 Å². The van der Waals surface area contributed by atoms with Crippen LogP contribution in [0.2, 0.25) is 0 Å². The second-order valence-electron chi connectivity index (χ2n) is 1.59. The number of anilines is 1. The maximum absolute atomic E-state index is 8.39. The fourth-order valence-corrected chi connectivity index (χ4v) is 0.501. The predicted octanol–water partition coefficient (Wildman–Crippen LogP) is -1.46. The number of aliphatic hydroxyl groups is 1. The number of hydrogen-bond donors (Lipinski definition) is 2. The lowest BCUT2D eigenvalue weighted by atomic mass is 10.7. The first-order chi connectivity index (χ1) is 4.33. The first kappa shape index (κ1) is 6.03. The quantitative estimate of drug-likeness (QED) is 0.479. The van der Waals surface area contributed by atoms with Gasteiger partial charge in [0.15, 0.2) is 0 Å². The van der Waals surface area contributed by atoms with E-state index >= 15 is 0 Å². The lowest BCUT2D eigenvalue weighted by molar-refractivity contribution is -0.763. The van der Waals surface area contributed by atoms with E-state index in [-0.39, 0.29) is 12.5 Å². The van der Waals surface area contributed by atoms with Crippen LogP contribution in [0.3, 0.4) is 0 Å². The topological polar surface area (TPSA) is 76.2 Å². The number of nitrogen functional groups attached to an aromatic ring is 1. The minimum absolute atomic E-state index is 0.0383. The van der Waals surface area contributed by atoms with Gasteiger partial charge in [0.2, 0.25) is 11.8 Å². The van der Waals surface area contributed by atoms with E-state index in [2.05, 4.69) is 9.79 Å². The molecule has 0 bridgehead atoms. The molecule has 1 aromatic heterocycles. The van der Waals surface area contributed by atoms with Gasteiger partial charge in [-0.1, -0.05) is 0 Å². The lowest BCUT2D eigenvalue weighted by Gasteiger charge is -1.76. The summed E-state index contributed by atoms with van der Waals surface area (Å²) in [6.45, 7) is 0.456. The van der Waals surface area contributed by atoms with Crippen molar-refractivity contribution in [3.8, 4) is 0 Å². The van der Waals surface area contributed by atoms with Crippen molar-refractivity contribution in [1.29, 1.82) is 0 Å². The Hall–Kier alpha value is -1.10. The van der Waals surface area contributed by atoms with Gasteiger partial charge in [0.05, 0.1) is 0 Å². The highest BCUT2D eigenvalue weighted by Crippen LogP contribution is 1.88. The van der Waals surface area contributed by atoms with E-state index in [0.717, 1.165) is 0 Å². The average molecular weight is 130 g/mol. The smallest absolute Gasteiger partial charge is 0.293 e. The maximum atomic E-state index is 8.39. The van der Waals surface area contributed by atoms with Gasteiger partial charge in [0.1, 0.15) is 6.61 Å². The molecule has 1 heterocycles. The summed E-state index contributed by atoms with van der Waals surface area (Å²) in [7, 11) is 0. The number of aliphatic hydroxyl groups excluding tert-OH is 1. The van der Waals surface area contributed by atoms with E-state index in [1.807, 2.05) is 0 Å². The molecule has 0 saturated carbocycles. The SMILES string of the molecule is Nc1c[n+](CCO)no1. The molecule has 0 aliphatic heterocycles. The van der Waals surface area contributed by atoms with Crippen molar-refractivity contribution in [3.63, 3.8) is 0 Å². The molecule has 3 N–H and O–H groups in total. The van der Waals surface area contributed by atoms with Gasteiger partial charge in [-0.3, -0.25) is 4.52 Å². The third kappa shape index (κ3) is 1.39. The van der Waals surface area contributed by atoms with Crippen LogP contribution < -0.4 is 10.4 Å². The molecule has 0 atom stereocenters. The van der Waals surface area contributed by atoms with Crippen molar-refractivity contribution in [1.82, 2.24) is 5.27 Å². The molecule has 1 aromatic rings. The highest BCUT2D eigenvalue weighted by molar-refractivity contribution is 5.11. The molecule has 0 amide bonds. The Kier molecular flexibility index (Phi) is 1.64. The molecule has 0 spiro atoms. The highest BCUT2D eigenvalue weighted by atomic mass is 16.5. The summed E-state index contributed by atoms with van der Waals surface area (Å²) >= 11 is 0. The van der Waals surface area contributed by atoms with E-state index in [9.17, 15) is 0 Å². The molecule has 0 unspecified atom stereocenters. The van der Waals surface area contributed by atoms with Crippen LogP contribution in [-0.2, 0) is 6.54 Å². The van der Waals surface area contributed by atoms with Gasteiger partial charge in [-0.05, 0) is 4.68 Å². The second-order valence-corrected chi connectivity index (χ2v) is 1.59. The van der Waals surface area contributed by atoms with Crippen LogP contribution in [-0.4, -0.2) is 17.0 Å². The third-order valence-corrected chi connectivity index (χ3v) is 0.856. The van der Waals surface area contributed by atoms with Crippen molar-refractivity contribution in [2.24, 2.45) is 0 Å². The minimum atomic E-state index is 0.0383. The summed E-state index contributed by atoms with van der Waals surface area (Å²) in [5.74, 6) is 0.253. The van der Waals surface area contributed by atoms with E-state index in [0.29, 0.717) is 6.54 Å². The Morgan fingerprint density at radius 1 is 1.89 bits per heavy atom. The van der Waals surface area contributed by atoms with Crippen molar-refractivity contribution >= 4 is 5.88 Å². The lowest BCUT2D eigenvalue weighted by Crippen LogP contribution is -2.36. The number of aromatic nitrogens is 2. The van der Waals surface area contributed by atoms with Crippen LogP contribution in [0, 0.1) is 0 Å². The Balaban J connectivity index is 2.61. The molecule has 0 aliphatic carbocycles. The number of hydrogen-bond acceptors (Lipinski definition) is 4. The summed E-state index contributed by atoms with van der Waals surface area (Å²) in [4.78, 5) is 0. The minimum Gasteiger partial charge on any atom is -0.390 e. The van der Waals surface area contributed by atoms with Crippen molar-refractivity contribution in [2.75, 3.05) is 12.3 Å². The van der Waals surface area contributed by atoms with Crippen LogP contribution >= 0.6 is 0 Å².